The van der Waals surface area contributed by atoms with Crippen LogP contribution in [-0.4, -0.2) is 16.6 Å². The quantitative estimate of drug-likeness (QED) is 0.899. The van der Waals surface area contributed by atoms with Crippen LogP contribution in [0.2, 0.25) is 5.02 Å². The monoisotopic (exact) mass is 316 g/mol. The summed E-state index contributed by atoms with van der Waals surface area (Å²) in [5.74, 6) is -0.323. The number of pyridine rings is 1. The molecule has 2 N–H and O–H groups in total. The first kappa shape index (κ1) is 15.6. The van der Waals surface area contributed by atoms with Crippen molar-refractivity contribution in [2.24, 2.45) is 0 Å². The van der Waals surface area contributed by atoms with Gasteiger partial charge in [0, 0.05) is 23.3 Å². The second-order valence-electron chi connectivity index (χ2n) is 4.32. The zero-order valence-corrected chi connectivity index (χ0v) is 11.5. The number of benzene rings is 1. The smallest absolute Gasteiger partial charge is 0.387 e. The van der Waals surface area contributed by atoms with E-state index in [1.54, 1.807) is 24.3 Å². The van der Waals surface area contributed by atoms with Gasteiger partial charge >= 0.3 is 6.18 Å². The molecule has 7 heteroatoms. The number of nitrogens with zero attached hydrogens (tertiary/aromatic N) is 1. The fraction of sp³-hybridized carbons (Fsp3) is 0.214. The number of rotatable bonds is 4. The number of alkyl halides is 3. The third kappa shape index (κ3) is 3.86. The Labute approximate surface area is 124 Å². The van der Waals surface area contributed by atoms with Crippen LogP contribution in [0.4, 0.5) is 19.0 Å². The van der Waals surface area contributed by atoms with Crippen molar-refractivity contribution in [2.75, 3.05) is 11.9 Å². The van der Waals surface area contributed by atoms with Gasteiger partial charge in [0.15, 0.2) is 0 Å². The molecule has 1 heterocycles. The van der Waals surface area contributed by atoms with Gasteiger partial charge < -0.3 is 10.4 Å². The van der Waals surface area contributed by atoms with Crippen LogP contribution in [0.15, 0.2) is 42.6 Å². The maximum atomic E-state index is 12.8. The minimum Gasteiger partial charge on any atom is -0.387 e. The first-order chi connectivity index (χ1) is 9.89. The average Bonchev–Trinajstić information content (AvgIpc) is 2.44. The van der Waals surface area contributed by atoms with Gasteiger partial charge in [0.2, 0.25) is 0 Å². The summed E-state index contributed by atoms with van der Waals surface area (Å²) in [6.45, 7) is -0.135. The van der Waals surface area contributed by atoms with Crippen molar-refractivity contribution in [1.82, 2.24) is 4.98 Å². The Morgan fingerprint density at radius 2 is 1.90 bits per heavy atom. The Bertz CT molecular complexity index is 619. The van der Waals surface area contributed by atoms with Gasteiger partial charge in [-0.3, -0.25) is 0 Å². The van der Waals surface area contributed by atoms with E-state index >= 15 is 0 Å². The maximum Gasteiger partial charge on any atom is 0.419 e. The minimum atomic E-state index is -4.51. The van der Waals surface area contributed by atoms with Crippen LogP contribution < -0.4 is 5.32 Å². The van der Waals surface area contributed by atoms with Crippen LogP contribution in [0.5, 0.6) is 0 Å². The van der Waals surface area contributed by atoms with E-state index in [2.05, 4.69) is 10.3 Å². The lowest BCUT2D eigenvalue weighted by atomic mass is 10.1. The van der Waals surface area contributed by atoms with Gasteiger partial charge in [0.1, 0.15) is 5.82 Å². The second-order valence-corrected chi connectivity index (χ2v) is 4.72. The molecule has 3 nitrogen and oxygen atoms in total. The van der Waals surface area contributed by atoms with E-state index in [4.69, 9.17) is 11.6 Å². The van der Waals surface area contributed by atoms with Crippen LogP contribution in [-0.2, 0) is 6.18 Å². The third-order valence-electron chi connectivity index (χ3n) is 2.84. The van der Waals surface area contributed by atoms with E-state index < -0.39 is 17.8 Å². The largest absolute Gasteiger partial charge is 0.419 e. The molecule has 2 aromatic rings. The molecular formula is C14H12ClF3N2O. The van der Waals surface area contributed by atoms with Gasteiger partial charge in [-0.1, -0.05) is 29.8 Å². The molecule has 1 unspecified atom stereocenters. The van der Waals surface area contributed by atoms with E-state index in [1.807, 2.05) is 0 Å². The van der Waals surface area contributed by atoms with Crippen molar-refractivity contribution < 1.29 is 18.3 Å². The molecule has 0 saturated carbocycles. The summed E-state index contributed by atoms with van der Waals surface area (Å²) in [4.78, 5) is 3.66. The zero-order chi connectivity index (χ0) is 15.5. The SMILES string of the molecule is OC(CNc1ncccc1C(F)(F)F)c1ccccc1Cl. The van der Waals surface area contributed by atoms with E-state index in [9.17, 15) is 18.3 Å². The number of anilines is 1. The first-order valence-corrected chi connectivity index (χ1v) is 6.46. The predicted octanol–water partition coefficient (Wildman–Crippen LogP) is 3.90. The second kappa shape index (κ2) is 6.32. The summed E-state index contributed by atoms with van der Waals surface area (Å²) < 4.78 is 38.4. The standard InChI is InChI=1S/C14H12ClF3N2O/c15-11-6-2-1-4-9(11)12(21)8-20-13-10(14(16,17)18)5-3-7-19-13/h1-7,12,21H,8H2,(H,19,20). The Morgan fingerprint density at radius 1 is 1.19 bits per heavy atom. The van der Waals surface area contributed by atoms with Crippen molar-refractivity contribution in [3.05, 3.63) is 58.7 Å². The molecule has 1 atom stereocenters. The van der Waals surface area contributed by atoms with Gasteiger partial charge in [-0.05, 0) is 18.2 Å². The molecule has 0 saturated heterocycles. The Morgan fingerprint density at radius 3 is 2.57 bits per heavy atom. The third-order valence-corrected chi connectivity index (χ3v) is 3.18. The first-order valence-electron chi connectivity index (χ1n) is 6.08. The Balaban J connectivity index is 2.12. The highest BCUT2D eigenvalue weighted by Gasteiger charge is 2.34. The summed E-state index contributed by atoms with van der Waals surface area (Å²) in [7, 11) is 0. The van der Waals surface area contributed by atoms with E-state index in [1.165, 1.54) is 12.3 Å². The fourth-order valence-electron chi connectivity index (χ4n) is 1.82. The molecule has 0 spiro atoms. The molecule has 0 amide bonds. The number of nitrogens with one attached hydrogen (secondary N) is 1. The van der Waals surface area contributed by atoms with Crippen LogP contribution in [0, 0.1) is 0 Å². The van der Waals surface area contributed by atoms with Gasteiger partial charge in [-0.15, -0.1) is 0 Å². The van der Waals surface area contributed by atoms with Crippen molar-refractivity contribution >= 4 is 17.4 Å². The summed E-state index contributed by atoms with van der Waals surface area (Å²) in [6, 6.07) is 8.73. The van der Waals surface area contributed by atoms with Crippen LogP contribution in [0.1, 0.15) is 17.2 Å². The highest BCUT2D eigenvalue weighted by atomic mass is 35.5. The fourth-order valence-corrected chi connectivity index (χ4v) is 2.09. The van der Waals surface area contributed by atoms with Crippen LogP contribution in [0.25, 0.3) is 0 Å². The molecule has 2 rings (SSSR count). The lowest BCUT2D eigenvalue weighted by Crippen LogP contribution is -2.17. The van der Waals surface area contributed by atoms with Crippen LogP contribution in [0.3, 0.4) is 0 Å². The van der Waals surface area contributed by atoms with Crippen molar-refractivity contribution in [3.63, 3.8) is 0 Å². The number of hydrogen-bond donors (Lipinski definition) is 2. The highest BCUT2D eigenvalue weighted by Crippen LogP contribution is 2.33. The van der Waals surface area contributed by atoms with Gasteiger partial charge in [-0.25, -0.2) is 4.98 Å². The molecule has 0 aliphatic carbocycles. The molecule has 0 fully saturated rings. The molecule has 1 aromatic heterocycles. The minimum absolute atomic E-state index is 0.135. The summed E-state index contributed by atoms with van der Waals surface area (Å²) >= 11 is 5.92. The van der Waals surface area contributed by atoms with E-state index in [0.717, 1.165) is 6.07 Å². The lowest BCUT2D eigenvalue weighted by molar-refractivity contribution is -0.137. The molecule has 112 valence electrons. The summed E-state index contributed by atoms with van der Waals surface area (Å²) in [5, 5.41) is 12.9. The average molecular weight is 317 g/mol. The molecule has 0 aliphatic rings. The summed E-state index contributed by atoms with van der Waals surface area (Å²) in [6.07, 6.45) is -4.30. The lowest BCUT2D eigenvalue weighted by Gasteiger charge is -2.16. The zero-order valence-electron chi connectivity index (χ0n) is 10.7. The molecule has 21 heavy (non-hydrogen) atoms. The van der Waals surface area contributed by atoms with Crippen molar-refractivity contribution in [2.45, 2.75) is 12.3 Å². The maximum absolute atomic E-state index is 12.8. The number of hydrogen-bond acceptors (Lipinski definition) is 3. The molecule has 0 aliphatic heterocycles. The Hall–Kier alpha value is -1.79. The topological polar surface area (TPSA) is 45.1 Å². The van der Waals surface area contributed by atoms with E-state index in [-0.39, 0.29) is 12.4 Å². The molecule has 0 bridgehead atoms. The van der Waals surface area contributed by atoms with Crippen molar-refractivity contribution in [3.8, 4) is 0 Å². The van der Waals surface area contributed by atoms with Gasteiger partial charge in [-0.2, -0.15) is 13.2 Å². The summed E-state index contributed by atoms with van der Waals surface area (Å²) in [5.41, 5.74) is -0.437. The van der Waals surface area contributed by atoms with Gasteiger partial charge in [0.05, 0.1) is 11.7 Å². The highest BCUT2D eigenvalue weighted by molar-refractivity contribution is 6.31. The normalized spacial score (nSPS) is 13.0. The predicted molar refractivity (Wildman–Crippen MR) is 74.1 cm³/mol. The number of aliphatic hydroxyl groups excluding tert-OH is 1. The molecular weight excluding hydrogens is 305 g/mol. The number of aromatic nitrogens is 1. The van der Waals surface area contributed by atoms with Crippen molar-refractivity contribution in [1.29, 1.82) is 0 Å². The molecule has 0 radical (unpaired) electrons. The van der Waals surface area contributed by atoms with Gasteiger partial charge in [0.25, 0.3) is 0 Å². The Kier molecular flexibility index (Phi) is 4.69. The number of halogens is 4. The van der Waals surface area contributed by atoms with E-state index in [0.29, 0.717) is 10.6 Å². The van der Waals surface area contributed by atoms with Crippen LogP contribution >= 0.6 is 11.6 Å². The molecule has 1 aromatic carbocycles. The number of aliphatic hydroxyl groups is 1.